The number of phenols is 1. The van der Waals surface area contributed by atoms with Crippen molar-refractivity contribution in [3.63, 3.8) is 0 Å². The number of nitrogens with zero attached hydrogens (tertiary/aromatic N) is 3. The van der Waals surface area contributed by atoms with Crippen LogP contribution in [0.1, 0.15) is 18.1 Å². The number of hydrogen-bond donors (Lipinski definition) is 2. The van der Waals surface area contributed by atoms with Crippen molar-refractivity contribution in [3.8, 4) is 17.2 Å². The zero-order chi connectivity index (χ0) is 21.1. The molecule has 1 atom stereocenters. The number of anilines is 1. The van der Waals surface area contributed by atoms with E-state index in [4.69, 9.17) is 9.47 Å². The van der Waals surface area contributed by atoms with Crippen LogP contribution in [0.2, 0.25) is 0 Å². The molecule has 8 heteroatoms. The van der Waals surface area contributed by atoms with Crippen LogP contribution in [0.3, 0.4) is 0 Å². The zero-order valence-electron chi connectivity index (χ0n) is 18.3. The summed E-state index contributed by atoms with van der Waals surface area (Å²) in [4.78, 5) is 8.93. The molecule has 2 aliphatic rings. The van der Waals surface area contributed by atoms with Crippen LogP contribution >= 0.6 is 24.0 Å². The number of rotatable bonds is 4. The second-order valence-corrected chi connectivity index (χ2v) is 7.77. The summed E-state index contributed by atoms with van der Waals surface area (Å²) < 4.78 is 11.5. The van der Waals surface area contributed by atoms with Crippen LogP contribution in [-0.4, -0.2) is 62.4 Å². The van der Waals surface area contributed by atoms with Crippen molar-refractivity contribution in [3.05, 3.63) is 47.5 Å². The predicted octanol–water partition coefficient (Wildman–Crippen LogP) is 3.24. The lowest BCUT2D eigenvalue weighted by atomic mass is 10.1. The van der Waals surface area contributed by atoms with E-state index in [1.165, 1.54) is 5.56 Å². The summed E-state index contributed by atoms with van der Waals surface area (Å²) in [6.07, 6.45) is 1.13. The number of aromatic hydroxyl groups is 1. The molecule has 4 rings (SSSR count). The Labute approximate surface area is 201 Å². The molecule has 0 spiro atoms. The fraction of sp³-hybridized carbons (Fsp3) is 0.435. The molecule has 2 aromatic carbocycles. The summed E-state index contributed by atoms with van der Waals surface area (Å²) in [5.41, 5.74) is 3.14. The van der Waals surface area contributed by atoms with Gasteiger partial charge in [-0.2, -0.15) is 0 Å². The predicted molar refractivity (Wildman–Crippen MR) is 134 cm³/mol. The van der Waals surface area contributed by atoms with E-state index in [9.17, 15) is 5.11 Å². The Morgan fingerprint density at radius 3 is 2.65 bits per heavy atom. The number of phenolic OH excluding ortho intramolecular Hbond substituents is 1. The summed E-state index contributed by atoms with van der Waals surface area (Å²) in [6.45, 7) is 6.01. The first kappa shape index (κ1) is 23.3. The highest BCUT2D eigenvalue weighted by Crippen LogP contribution is 2.35. The van der Waals surface area contributed by atoms with Crippen molar-refractivity contribution in [2.75, 3.05) is 45.2 Å². The van der Waals surface area contributed by atoms with Crippen LogP contribution in [0.5, 0.6) is 17.2 Å². The van der Waals surface area contributed by atoms with E-state index in [1.807, 2.05) is 25.2 Å². The Bertz CT molecular complexity index is 929. The monoisotopic (exact) mass is 538 g/mol. The van der Waals surface area contributed by atoms with E-state index in [2.05, 4.69) is 39.2 Å². The average molecular weight is 538 g/mol. The number of methoxy groups -OCH3 is 1. The van der Waals surface area contributed by atoms with Crippen molar-refractivity contribution in [2.24, 2.45) is 4.99 Å². The minimum atomic E-state index is 0. The number of benzene rings is 2. The van der Waals surface area contributed by atoms with Gasteiger partial charge in [-0.3, -0.25) is 4.99 Å². The SMILES string of the molecule is CN=C(NCc1cc2c(cc1OC)CC(C)O2)N1CCN(c2ccccc2O)CC1.I. The molecule has 7 nitrogen and oxygen atoms in total. The van der Waals surface area contributed by atoms with Gasteiger partial charge in [0.05, 0.1) is 12.8 Å². The first-order valence-electron chi connectivity index (χ1n) is 10.4. The summed E-state index contributed by atoms with van der Waals surface area (Å²) in [6, 6.07) is 11.7. The minimum Gasteiger partial charge on any atom is -0.506 e. The highest BCUT2D eigenvalue weighted by Gasteiger charge is 2.23. The molecule has 0 aromatic heterocycles. The van der Waals surface area contributed by atoms with Crippen molar-refractivity contribution < 1.29 is 14.6 Å². The molecule has 1 saturated heterocycles. The maximum Gasteiger partial charge on any atom is 0.194 e. The number of piperazine rings is 1. The Hall–Kier alpha value is -2.36. The summed E-state index contributed by atoms with van der Waals surface area (Å²) >= 11 is 0. The average Bonchev–Trinajstić information content (AvgIpc) is 3.13. The number of ether oxygens (including phenoxy) is 2. The Morgan fingerprint density at radius 1 is 1.23 bits per heavy atom. The van der Waals surface area contributed by atoms with Crippen LogP contribution in [0.4, 0.5) is 5.69 Å². The molecule has 2 N–H and O–H groups in total. The lowest BCUT2D eigenvalue weighted by Crippen LogP contribution is -2.52. The van der Waals surface area contributed by atoms with E-state index in [-0.39, 0.29) is 30.1 Å². The molecule has 0 aliphatic carbocycles. The van der Waals surface area contributed by atoms with Crippen LogP contribution in [0.25, 0.3) is 0 Å². The van der Waals surface area contributed by atoms with Gasteiger partial charge in [-0.1, -0.05) is 12.1 Å². The zero-order valence-corrected chi connectivity index (χ0v) is 20.6. The van der Waals surface area contributed by atoms with E-state index in [1.54, 1.807) is 13.2 Å². The molecule has 2 aliphatic heterocycles. The topological polar surface area (TPSA) is 69.6 Å². The standard InChI is InChI=1S/C23H30N4O3.HI/c1-16-12-17-13-21(29-3)18(14-22(17)30-16)15-25-23(24-2)27-10-8-26(9-11-27)19-6-4-5-7-20(19)28;/h4-7,13-14,16,28H,8-12,15H2,1-3H3,(H,24,25);1H. The first-order chi connectivity index (χ1) is 14.6. The van der Waals surface area contributed by atoms with Crippen molar-refractivity contribution in [1.82, 2.24) is 10.2 Å². The van der Waals surface area contributed by atoms with Gasteiger partial charge in [-0.25, -0.2) is 0 Å². The first-order valence-corrected chi connectivity index (χ1v) is 10.4. The third-order valence-corrected chi connectivity index (χ3v) is 5.75. The number of para-hydroxylation sites is 2. The number of guanidine groups is 1. The van der Waals surface area contributed by atoms with Gasteiger partial charge < -0.3 is 29.7 Å². The fourth-order valence-electron chi connectivity index (χ4n) is 4.21. The number of fused-ring (bicyclic) bond motifs is 1. The molecule has 2 aromatic rings. The third kappa shape index (κ3) is 5.11. The van der Waals surface area contributed by atoms with Crippen molar-refractivity contribution >= 4 is 35.6 Å². The molecule has 0 amide bonds. The smallest absolute Gasteiger partial charge is 0.194 e. The van der Waals surface area contributed by atoms with Gasteiger partial charge in [0.2, 0.25) is 0 Å². The maximum atomic E-state index is 10.1. The number of hydrogen-bond acceptors (Lipinski definition) is 5. The van der Waals surface area contributed by atoms with Gasteiger partial charge in [0, 0.05) is 57.3 Å². The second-order valence-electron chi connectivity index (χ2n) is 7.77. The van der Waals surface area contributed by atoms with Crippen molar-refractivity contribution in [1.29, 1.82) is 0 Å². The number of aliphatic imine (C=N–C) groups is 1. The molecular weight excluding hydrogens is 507 g/mol. The molecule has 1 unspecified atom stereocenters. The highest BCUT2D eigenvalue weighted by molar-refractivity contribution is 14.0. The Balaban J connectivity index is 0.00000272. The van der Waals surface area contributed by atoms with Gasteiger partial charge in [0.15, 0.2) is 5.96 Å². The molecule has 1 fully saturated rings. The quantitative estimate of drug-likeness (QED) is 0.354. The lowest BCUT2D eigenvalue weighted by molar-refractivity contribution is 0.254. The normalized spacial score (nSPS) is 18.2. The van der Waals surface area contributed by atoms with Crippen LogP contribution in [0, 0.1) is 0 Å². The number of nitrogens with one attached hydrogen (secondary N) is 1. The molecular formula is C23H31IN4O3. The van der Waals surface area contributed by atoms with Crippen LogP contribution in [0.15, 0.2) is 41.4 Å². The van der Waals surface area contributed by atoms with Gasteiger partial charge >= 0.3 is 0 Å². The molecule has 2 heterocycles. The second kappa shape index (κ2) is 10.3. The summed E-state index contributed by atoms with van der Waals surface area (Å²) in [5.74, 6) is 3.02. The highest BCUT2D eigenvalue weighted by atomic mass is 127. The largest absolute Gasteiger partial charge is 0.506 e. The Morgan fingerprint density at radius 2 is 1.97 bits per heavy atom. The fourth-order valence-corrected chi connectivity index (χ4v) is 4.21. The lowest BCUT2D eigenvalue weighted by Gasteiger charge is -2.37. The van der Waals surface area contributed by atoms with Gasteiger partial charge in [0.1, 0.15) is 23.4 Å². The summed E-state index contributed by atoms with van der Waals surface area (Å²) in [7, 11) is 3.51. The maximum absolute atomic E-state index is 10.1. The van der Waals surface area contributed by atoms with Gasteiger partial charge in [-0.15, -0.1) is 24.0 Å². The van der Waals surface area contributed by atoms with Crippen molar-refractivity contribution in [2.45, 2.75) is 26.0 Å². The van der Waals surface area contributed by atoms with E-state index in [0.29, 0.717) is 12.3 Å². The van der Waals surface area contributed by atoms with E-state index >= 15 is 0 Å². The number of halogens is 1. The minimum absolute atomic E-state index is 0. The summed E-state index contributed by atoms with van der Waals surface area (Å²) in [5, 5.41) is 13.6. The molecule has 31 heavy (non-hydrogen) atoms. The third-order valence-electron chi connectivity index (χ3n) is 5.75. The van der Waals surface area contributed by atoms with Gasteiger partial charge in [0.25, 0.3) is 0 Å². The van der Waals surface area contributed by atoms with E-state index < -0.39 is 0 Å². The molecule has 0 saturated carbocycles. The molecule has 0 bridgehead atoms. The Kier molecular flexibility index (Phi) is 7.74. The van der Waals surface area contributed by atoms with Crippen LogP contribution < -0.4 is 19.7 Å². The molecule has 168 valence electrons. The van der Waals surface area contributed by atoms with Gasteiger partial charge in [-0.05, 0) is 31.2 Å². The molecule has 0 radical (unpaired) electrons. The van der Waals surface area contributed by atoms with E-state index in [0.717, 1.165) is 61.3 Å². The van der Waals surface area contributed by atoms with Crippen LogP contribution in [-0.2, 0) is 13.0 Å².